The van der Waals surface area contributed by atoms with Crippen LogP contribution in [0.5, 0.6) is 0 Å². The van der Waals surface area contributed by atoms with Crippen molar-refractivity contribution in [3.63, 3.8) is 0 Å². The van der Waals surface area contributed by atoms with E-state index in [4.69, 9.17) is 11.0 Å². The number of aryl methyl sites for hydroxylation is 1. The average Bonchev–Trinajstić information content (AvgIpc) is 3.85. The van der Waals surface area contributed by atoms with Crippen LogP contribution >= 0.6 is 0 Å². The fraction of sp³-hybridized carbons (Fsp3) is 0.160. The molecule has 0 saturated heterocycles. The molecule has 4 nitrogen and oxygen atoms in total. The van der Waals surface area contributed by atoms with Gasteiger partial charge in [-0.3, -0.25) is 0 Å². The Labute approximate surface area is 313 Å². The van der Waals surface area contributed by atoms with Gasteiger partial charge in [0.2, 0.25) is 23.1 Å². The number of fused-ring (bicyclic) bond motifs is 19. The molecule has 4 heteroatoms. The second kappa shape index (κ2) is 10.4. The van der Waals surface area contributed by atoms with Crippen molar-refractivity contribution in [1.29, 1.82) is 0 Å². The summed E-state index contributed by atoms with van der Waals surface area (Å²) in [6.07, 6.45) is 6.43. The minimum absolute atomic E-state index is 0.0313. The number of benzene rings is 5. The molecule has 7 heterocycles. The first-order valence-electron chi connectivity index (χ1n) is 19.3. The molecule has 0 N–H and O–H groups in total. The maximum Gasteiger partial charge on any atom is 0.249 e. The van der Waals surface area contributed by atoms with E-state index in [2.05, 4.69) is 168 Å². The van der Waals surface area contributed by atoms with Crippen LogP contribution in [0.25, 0.3) is 88.2 Å². The van der Waals surface area contributed by atoms with Crippen LogP contribution in [0.4, 0.5) is 0 Å². The van der Waals surface area contributed by atoms with Crippen molar-refractivity contribution in [1.82, 2.24) is 4.40 Å². The van der Waals surface area contributed by atoms with Crippen LogP contribution < -0.4 is 9.13 Å². The molecule has 0 saturated carbocycles. The highest BCUT2D eigenvalue weighted by Gasteiger charge is 2.46. The standard InChI is InChI=1S/C50H39N3O/c1-29-48-34(32-13-5-6-14-33(32)40-16-10-12-24-52(40)48)20-19-30-25-43-37(28-36(30)41-17-9-11-23-51(29)41)38-26-31(50(2,3)4)27-39-46-42(53(43)49(38)39)21-22-45-47(46)35-15-7-8-18-44(35)54-45/h5-18,21-28,34,48H,1,19-20H2,2-4H3/q+2. The zero-order valence-electron chi connectivity index (χ0n) is 30.7. The molecular weight excluding hydrogens is 659 g/mol. The van der Waals surface area contributed by atoms with Crippen LogP contribution in [0.3, 0.4) is 0 Å². The van der Waals surface area contributed by atoms with Crippen LogP contribution in [0.1, 0.15) is 55.8 Å². The molecule has 0 spiro atoms. The quantitative estimate of drug-likeness (QED) is 0.145. The van der Waals surface area contributed by atoms with Crippen LogP contribution in [0.15, 0.2) is 145 Å². The van der Waals surface area contributed by atoms with Crippen molar-refractivity contribution in [2.75, 3.05) is 0 Å². The van der Waals surface area contributed by atoms with Crippen LogP contribution in [-0.4, -0.2) is 4.40 Å². The smallest absolute Gasteiger partial charge is 0.249 e. The van der Waals surface area contributed by atoms with Crippen molar-refractivity contribution in [2.45, 2.75) is 51.0 Å². The summed E-state index contributed by atoms with van der Waals surface area (Å²) in [6, 6.07) is 45.2. The molecule has 5 aromatic carbocycles. The molecule has 12 rings (SSSR count). The van der Waals surface area contributed by atoms with E-state index in [0.717, 1.165) is 29.7 Å². The Balaban J connectivity index is 1.19. The van der Waals surface area contributed by atoms with E-state index < -0.39 is 0 Å². The van der Waals surface area contributed by atoms with Gasteiger partial charge in [0.25, 0.3) is 0 Å². The second-order valence-electron chi connectivity index (χ2n) is 16.6. The Morgan fingerprint density at radius 3 is 2.33 bits per heavy atom. The maximum absolute atomic E-state index is 6.46. The summed E-state index contributed by atoms with van der Waals surface area (Å²) < 4.78 is 13.9. The predicted molar refractivity (Wildman–Crippen MR) is 220 cm³/mol. The van der Waals surface area contributed by atoms with Crippen LogP contribution in [0, 0.1) is 0 Å². The molecular formula is C50H39N3O+2. The molecule has 0 fully saturated rings. The van der Waals surface area contributed by atoms with Crippen molar-refractivity contribution in [3.8, 4) is 22.5 Å². The number of aromatic nitrogens is 3. The van der Waals surface area contributed by atoms with E-state index in [1.54, 1.807) is 0 Å². The summed E-state index contributed by atoms with van der Waals surface area (Å²) in [5, 5.41) is 7.56. The minimum Gasteiger partial charge on any atom is -0.456 e. The molecule has 2 unspecified atom stereocenters. The van der Waals surface area contributed by atoms with E-state index in [0.29, 0.717) is 0 Å². The summed E-state index contributed by atoms with van der Waals surface area (Å²) >= 11 is 0. The highest BCUT2D eigenvalue weighted by molar-refractivity contribution is 6.32. The number of allylic oxidation sites excluding steroid dienone is 1. The SMILES string of the molecule is C=C1C2C(CCc3cc4c(cc3-c3cccc[n+]31)c1cc(C(C)(C)C)cc3c5c6c(ccc5n4c13)oc1ccccc16)c1ccccc1-c1cccc[n+]12. The lowest BCUT2D eigenvalue weighted by atomic mass is 9.78. The van der Waals surface area contributed by atoms with Crippen molar-refractivity contribution in [3.05, 3.63) is 157 Å². The Bertz CT molecular complexity index is 3240. The fourth-order valence-corrected chi connectivity index (χ4v) is 10.2. The highest BCUT2D eigenvalue weighted by Crippen LogP contribution is 2.49. The zero-order chi connectivity index (χ0) is 36.0. The molecule has 54 heavy (non-hydrogen) atoms. The van der Waals surface area contributed by atoms with Gasteiger partial charge in [-0.25, -0.2) is 0 Å². The van der Waals surface area contributed by atoms with Crippen LogP contribution in [-0.2, 0) is 11.8 Å². The first-order valence-corrected chi connectivity index (χ1v) is 19.3. The van der Waals surface area contributed by atoms with E-state index in [1.807, 2.05) is 0 Å². The molecule has 2 atom stereocenters. The van der Waals surface area contributed by atoms with Gasteiger partial charge in [-0.15, -0.1) is 0 Å². The topological polar surface area (TPSA) is 25.3 Å². The number of para-hydroxylation sites is 1. The van der Waals surface area contributed by atoms with Crippen molar-refractivity contribution < 1.29 is 13.6 Å². The first kappa shape index (κ1) is 30.2. The maximum atomic E-state index is 6.46. The van der Waals surface area contributed by atoms with E-state index in [9.17, 15) is 0 Å². The number of hydrogen-bond acceptors (Lipinski definition) is 1. The molecule has 5 aromatic heterocycles. The minimum atomic E-state index is -0.0313. The lowest BCUT2D eigenvalue weighted by Crippen LogP contribution is -2.53. The Kier molecular flexibility index (Phi) is 5.85. The van der Waals surface area contributed by atoms with Gasteiger partial charge in [0, 0.05) is 62.1 Å². The molecule has 258 valence electrons. The third kappa shape index (κ3) is 3.87. The van der Waals surface area contributed by atoms with Crippen molar-refractivity contribution >= 4 is 65.7 Å². The fourth-order valence-electron chi connectivity index (χ4n) is 10.2. The third-order valence-corrected chi connectivity index (χ3v) is 12.7. The van der Waals surface area contributed by atoms with Gasteiger partial charge < -0.3 is 8.82 Å². The van der Waals surface area contributed by atoms with Gasteiger partial charge in [-0.1, -0.05) is 57.2 Å². The molecule has 0 aliphatic carbocycles. The van der Waals surface area contributed by atoms with Gasteiger partial charge in [0.1, 0.15) is 11.2 Å². The molecule has 2 aliphatic rings. The monoisotopic (exact) mass is 697 g/mol. The summed E-state index contributed by atoms with van der Waals surface area (Å²) in [4.78, 5) is 0. The van der Waals surface area contributed by atoms with Gasteiger partial charge in [0.05, 0.1) is 28.0 Å². The van der Waals surface area contributed by atoms with Crippen LogP contribution in [0.2, 0.25) is 0 Å². The van der Waals surface area contributed by atoms with Gasteiger partial charge in [-0.05, 0) is 102 Å². The third-order valence-electron chi connectivity index (χ3n) is 12.7. The first-order chi connectivity index (χ1) is 26.3. The summed E-state index contributed by atoms with van der Waals surface area (Å²) in [6.45, 7) is 11.9. The van der Waals surface area contributed by atoms with Gasteiger partial charge >= 0.3 is 0 Å². The number of hydrogen-bond donors (Lipinski definition) is 0. The molecule has 0 bridgehead atoms. The van der Waals surface area contributed by atoms with Gasteiger partial charge in [-0.2, -0.15) is 9.13 Å². The number of furan rings is 1. The average molecular weight is 698 g/mol. The Morgan fingerprint density at radius 1 is 0.667 bits per heavy atom. The second-order valence-corrected chi connectivity index (χ2v) is 16.6. The number of rotatable bonds is 0. The molecule has 2 aliphatic heterocycles. The van der Waals surface area contributed by atoms with Gasteiger partial charge in [0.15, 0.2) is 12.4 Å². The van der Waals surface area contributed by atoms with Crippen molar-refractivity contribution in [2.24, 2.45) is 0 Å². The molecule has 0 radical (unpaired) electrons. The molecule has 0 amide bonds. The lowest BCUT2D eigenvalue weighted by molar-refractivity contribution is -0.727. The summed E-state index contributed by atoms with van der Waals surface area (Å²) in [5.74, 6) is 0.265. The predicted octanol–water partition coefficient (Wildman–Crippen LogP) is 11.7. The zero-order valence-corrected chi connectivity index (χ0v) is 30.7. The number of nitrogens with zero attached hydrogens (tertiary/aromatic N) is 3. The van der Waals surface area contributed by atoms with E-state index in [-0.39, 0.29) is 17.4 Å². The number of pyridine rings is 2. The lowest BCUT2D eigenvalue weighted by Gasteiger charge is -2.29. The molecule has 10 aromatic rings. The Hall–Kier alpha value is -6.26. The summed E-state index contributed by atoms with van der Waals surface area (Å²) in [7, 11) is 0. The Morgan fingerprint density at radius 2 is 1.44 bits per heavy atom. The largest absolute Gasteiger partial charge is 0.456 e. The normalized spacial score (nSPS) is 17.1. The summed E-state index contributed by atoms with van der Waals surface area (Å²) in [5.41, 5.74) is 15.9. The highest BCUT2D eigenvalue weighted by atomic mass is 16.3. The van der Waals surface area contributed by atoms with E-state index in [1.165, 1.54) is 88.1 Å². The van der Waals surface area contributed by atoms with E-state index >= 15 is 0 Å².